The Bertz CT molecular complexity index is 349. The summed E-state index contributed by atoms with van der Waals surface area (Å²) < 4.78 is 0. The molecule has 0 aromatic carbocycles. The van der Waals surface area contributed by atoms with Gasteiger partial charge in [-0.3, -0.25) is 0 Å². The highest BCUT2D eigenvalue weighted by Crippen LogP contribution is 2.25. The van der Waals surface area contributed by atoms with Gasteiger partial charge in [0.1, 0.15) is 10.9 Å². The molecule has 2 rings (SSSR count). The van der Waals surface area contributed by atoms with Gasteiger partial charge in [0.25, 0.3) is 0 Å². The fraction of sp³-hybridized carbons (Fsp3) is 0.600. The number of hydrogen-bond donors (Lipinski definition) is 1. The standard InChI is InChI=1S/C10H16N4S/c1-14-4-3-8-7(6-14)10(15-2)13-9(5-11)12-8/h3-6,11H2,1-2H3. The van der Waals surface area contributed by atoms with E-state index in [1.165, 1.54) is 11.3 Å². The van der Waals surface area contributed by atoms with Crippen molar-refractivity contribution in [3.63, 3.8) is 0 Å². The molecule has 0 bridgehead atoms. The van der Waals surface area contributed by atoms with E-state index in [1.54, 1.807) is 11.8 Å². The summed E-state index contributed by atoms with van der Waals surface area (Å²) in [7, 11) is 2.13. The first-order chi connectivity index (χ1) is 7.24. The lowest BCUT2D eigenvalue weighted by Crippen LogP contribution is -2.29. The van der Waals surface area contributed by atoms with Crippen molar-refractivity contribution in [3.05, 3.63) is 17.1 Å². The maximum Gasteiger partial charge on any atom is 0.143 e. The number of likely N-dealkylation sites (N-methyl/N-ethyl adjacent to an activating group) is 1. The van der Waals surface area contributed by atoms with Crippen molar-refractivity contribution in [1.82, 2.24) is 14.9 Å². The molecule has 2 N–H and O–H groups in total. The van der Waals surface area contributed by atoms with E-state index < -0.39 is 0 Å². The van der Waals surface area contributed by atoms with E-state index in [9.17, 15) is 0 Å². The molecule has 1 aromatic rings. The minimum Gasteiger partial charge on any atom is -0.324 e. The van der Waals surface area contributed by atoms with E-state index in [0.717, 1.165) is 30.4 Å². The van der Waals surface area contributed by atoms with Crippen LogP contribution in [0.5, 0.6) is 0 Å². The van der Waals surface area contributed by atoms with Crippen LogP contribution in [0.3, 0.4) is 0 Å². The van der Waals surface area contributed by atoms with Crippen LogP contribution in [0.2, 0.25) is 0 Å². The highest BCUT2D eigenvalue weighted by molar-refractivity contribution is 7.98. The van der Waals surface area contributed by atoms with Crippen molar-refractivity contribution in [2.45, 2.75) is 24.5 Å². The monoisotopic (exact) mass is 224 g/mol. The molecule has 4 nitrogen and oxygen atoms in total. The highest BCUT2D eigenvalue weighted by atomic mass is 32.2. The van der Waals surface area contributed by atoms with Crippen LogP contribution >= 0.6 is 11.8 Å². The Morgan fingerprint density at radius 2 is 2.27 bits per heavy atom. The number of rotatable bonds is 2. The Balaban J connectivity index is 2.44. The number of nitrogens with two attached hydrogens (primary N) is 1. The number of hydrogen-bond acceptors (Lipinski definition) is 5. The molecular formula is C10H16N4S. The molecular weight excluding hydrogens is 208 g/mol. The van der Waals surface area contributed by atoms with Gasteiger partial charge in [-0.1, -0.05) is 0 Å². The van der Waals surface area contributed by atoms with Crippen molar-refractivity contribution in [1.29, 1.82) is 0 Å². The zero-order valence-electron chi connectivity index (χ0n) is 9.16. The number of aromatic nitrogens is 2. The molecule has 0 fully saturated rings. The third-order valence-corrected chi connectivity index (χ3v) is 3.36. The van der Waals surface area contributed by atoms with E-state index in [4.69, 9.17) is 5.73 Å². The lowest BCUT2D eigenvalue weighted by Gasteiger charge is -2.25. The maximum atomic E-state index is 5.59. The normalized spacial score (nSPS) is 16.5. The molecule has 0 spiro atoms. The predicted molar refractivity (Wildman–Crippen MR) is 61.7 cm³/mol. The molecule has 5 heteroatoms. The SMILES string of the molecule is CSc1nc(CN)nc2c1CN(C)CC2. The molecule has 1 aliphatic rings. The van der Waals surface area contributed by atoms with Gasteiger partial charge in [-0.25, -0.2) is 9.97 Å². The van der Waals surface area contributed by atoms with E-state index >= 15 is 0 Å². The fourth-order valence-corrected chi connectivity index (χ4v) is 2.45. The van der Waals surface area contributed by atoms with Crippen LogP contribution in [0, 0.1) is 0 Å². The van der Waals surface area contributed by atoms with Crippen LogP contribution in [-0.2, 0) is 19.5 Å². The second-order valence-corrected chi connectivity index (χ2v) is 4.56. The van der Waals surface area contributed by atoms with Gasteiger partial charge in [0.15, 0.2) is 0 Å². The predicted octanol–water partition coefficient (Wildman–Crippen LogP) is 0.645. The Morgan fingerprint density at radius 3 is 2.93 bits per heavy atom. The summed E-state index contributed by atoms with van der Waals surface area (Å²) in [4.78, 5) is 11.3. The fourth-order valence-electron chi connectivity index (χ4n) is 1.83. The van der Waals surface area contributed by atoms with Gasteiger partial charge < -0.3 is 10.6 Å². The molecule has 0 amide bonds. The van der Waals surface area contributed by atoms with Crippen molar-refractivity contribution < 1.29 is 0 Å². The van der Waals surface area contributed by atoms with Gasteiger partial charge in [0.2, 0.25) is 0 Å². The molecule has 82 valence electrons. The van der Waals surface area contributed by atoms with Crippen LogP contribution in [0.25, 0.3) is 0 Å². The molecule has 0 atom stereocenters. The van der Waals surface area contributed by atoms with Crippen LogP contribution in [0.15, 0.2) is 5.03 Å². The van der Waals surface area contributed by atoms with Gasteiger partial charge in [-0.05, 0) is 13.3 Å². The molecule has 2 heterocycles. The smallest absolute Gasteiger partial charge is 0.143 e. The number of nitrogens with zero attached hydrogens (tertiary/aromatic N) is 3. The summed E-state index contributed by atoms with van der Waals surface area (Å²) in [6.45, 7) is 2.45. The Kier molecular flexibility index (Phi) is 3.23. The Labute approximate surface area is 94.3 Å². The van der Waals surface area contributed by atoms with Gasteiger partial charge in [-0.15, -0.1) is 11.8 Å². The summed E-state index contributed by atoms with van der Waals surface area (Å²) >= 11 is 1.68. The molecule has 1 aromatic heterocycles. The van der Waals surface area contributed by atoms with Gasteiger partial charge in [0, 0.05) is 25.1 Å². The van der Waals surface area contributed by atoms with E-state index in [0.29, 0.717) is 6.54 Å². The van der Waals surface area contributed by atoms with Gasteiger partial charge in [0.05, 0.1) is 12.2 Å². The summed E-state index contributed by atoms with van der Waals surface area (Å²) in [6, 6.07) is 0. The Hall–Kier alpha value is -0.650. The Morgan fingerprint density at radius 1 is 1.47 bits per heavy atom. The van der Waals surface area contributed by atoms with Crippen LogP contribution in [0.4, 0.5) is 0 Å². The summed E-state index contributed by atoms with van der Waals surface area (Å²) in [6.07, 6.45) is 3.06. The third kappa shape index (κ3) is 2.14. The molecule has 0 unspecified atom stereocenters. The first-order valence-corrected chi connectivity index (χ1v) is 6.28. The van der Waals surface area contributed by atoms with Crippen LogP contribution in [-0.4, -0.2) is 34.7 Å². The molecule has 0 saturated carbocycles. The second kappa shape index (κ2) is 4.47. The van der Waals surface area contributed by atoms with Crippen molar-refractivity contribution in [3.8, 4) is 0 Å². The van der Waals surface area contributed by atoms with E-state index in [-0.39, 0.29) is 0 Å². The number of fused-ring (bicyclic) bond motifs is 1. The largest absolute Gasteiger partial charge is 0.324 e. The molecule has 15 heavy (non-hydrogen) atoms. The average Bonchev–Trinajstić information content (AvgIpc) is 2.27. The lowest BCUT2D eigenvalue weighted by atomic mass is 10.1. The number of thioether (sulfide) groups is 1. The summed E-state index contributed by atoms with van der Waals surface area (Å²) in [5.41, 5.74) is 8.06. The lowest BCUT2D eigenvalue weighted by molar-refractivity contribution is 0.304. The van der Waals surface area contributed by atoms with Gasteiger partial charge in [-0.2, -0.15) is 0 Å². The minimum atomic E-state index is 0.427. The van der Waals surface area contributed by atoms with Gasteiger partial charge >= 0.3 is 0 Å². The second-order valence-electron chi connectivity index (χ2n) is 3.77. The highest BCUT2D eigenvalue weighted by Gasteiger charge is 2.19. The van der Waals surface area contributed by atoms with Crippen molar-refractivity contribution in [2.24, 2.45) is 5.73 Å². The summed E-state index contributed by atoms with van der Waals surface area (Å²) in [5.74, 6) is 0.766. The molecule has 1 aliphatic heterocycles. The third-order valence-electron chi connectivity index (χ3n) is 2.64. The molecule has 0 saturated heterocycles. The molecule has 0 radical (unpaired) electrons. The topological polar surface area (TPSA) is 55.0 Å². The first-order valence-electron chi connectivity index (χ1n) is 5.06. The van der Waals surface area contributed by atoms with E-state index in [2.05, 4.69) is 28.2 Å². The van der Waals surface area contributed by atoms with Crippen molar-refractivity contribution >= 4 is 11.8 Å². The average molecular weight is 224 g/mol. The quantitative estimate of drug-likeness (QED) is 0.590. The first kappa shape index (κ1) is 10.9. The van der Waals surface area contributed by atoms with E-state index in [1.807, 2.05) is 0 Å². The zero-order chi connectivity index (χ0) is 10.8. The summed E-state index contributed by atoms with van der Waals surface area (Å²) in [5, 5.41) is 1.09. The zero-order valence-corrected chi connectivity index (χ0v) is 9.97. The molecule has 0 aliphatic carbocycles. The maximum absolute atomic E-state index is 5.59. The van der Waals surface area contributed by atoms with Crippen molar-refractivity contribution in [2.75, 3.05) is 19.8 Å². The van der Waals surface area contributed by atoms with Crippen LogP contribution < -0.4 is 5.73 Å². The van der Waals surface area contributed by atoms with Crippen LogP contribution in [0.1, 0.15) is 17.1 Å². The minimum absolute atomic E-state index is 0.427.